The number of rotatable bonds is 9. The lowest BCUT2D eigenvalue weighted by Gasteiger charge is -2.07. The van der Waals surface area contributed by atoms with Crippen LogP contribution in [-0.2, 0) is 28.9 Å². The van der Waals surface area contributed by atoms with Gasteiger partial charge < -0.3 is 15.4 Å². The highest BCUT2D eigenvalue weighted by atomic mass is 32.2. The molecule has 2 aromatic heterocycles. The van der Waals surface area contributed by atoms with Gasteiger partial charge in [0.05, 0.1) is 17.9 Å². The van der Waals surface area contributed by atoms with Crippen molar-refractivity contribution in [2.24, 2.45) is 0 Å². The fourth-order valence-electron chi connectivity index (χ4n) is 3.31. The number of hydrogen-bond acceptors (Lipinski definition) is 9. The van der Waals surface area contributed by atoms with Gasteiger partial charge in [0.2, 0.25) is 11.0 Å². The van der Waals surface area contributed by atoms with Gasteiger partial charge in [-0.15, -0.1) is 21.5 Å². The molecule has 3 aromatic rings. The fourth-order valence-corrected chi connectivity index (χ4v) is 6.16. The van der Waals surface area contributed by atoms with Crippen molar-refractivity contribution >= 4 is 56.4 Å². The van der Waals surface area contributed by atoms with Gasteiger partial charge >= 0.3 is 5.97 Å². The topological polar surface area (TPSA) is 93.2 Å². The molecule has 0 saturated heterocycles. The number of aryl methyl sites for hydroxylation is 1. The number of carbonyl (C=O) groups is 2. The number of esters is 1. The molecule has 0 atom stereocenters. The van der Waals surface area contributed by atoms with E-state index in [0.29, 0.717) is 33.2 Å². The molecule has 162 valence electrons. The summed E-state index contributed by atoms with van der Waals surface area (Å²) in [5.41, 5.74) is 2.72. The van der Waals surface area contributed by atoms with Crippen molar-refractivity contribution in [2.45, 2.75) is 37.1 Å². The second-order valence-electron chi connectivity index (χ2n) is 6.83. The van der Waals surface area contributed by atoms with Gasteiger partial charge in [0.1, 0.15) is 5.00 Å². The highest BCUT2D eigenvalue weighted by molar-refractivity contribution is 8.01. The van der Waals surface area contributed by atoms with Crippen molar-refractivity contribution < 1.29 is 14.3 Å². The number of hydrogen-bond donors (Lipinski definition) is 2. The molecule has 0 spiro atoms. The maximum absolute atomic E-state index is 12.5. The van der Waals surface area contributed by atoms with Gasteiger partial charge in [-0.05, 0) is 37.3 Å². The zero-order valence-electron chi connectivity index (χ0n) is 17.0. The van der Waals surface area contributed by atoms with E-state index in [0.717, 1.165) is 30.4 Å². The van der Waals surface area contributed by atoms with Crippen molar-refractivity contribution in [2.75, 3.05) is 23.0 Å². The number of carbonyl (C=O) groups excluding carboxylic acids is 2. The zero-order chi connectivity index (χ0) is 21.6. The Morgan fingerprint density at radius 1 is 1.16 bits per heavy atom. The van der Waals surface area contributed by atoms with E-state index in [1.807, 2.05) is 30.3 Å². The molecule has 2 N–H and O–H groups in total. The van der Waals surface area contributed by atoms with E-state index in [1.54, 1.807) is 6.92 Å². The van der Waals surface area contributed by atoms with Crippen molar-refractivity contribution in [1.29, 1.82) is 0 Å². The molecule has 1 amide bonds. The number of thiophene rings is 1. The molecular formula is C21H22N4O3S3. The van der Waals surface area contributed by atoms with Crippen molar-refractivity contribution in [3.05, 3.63) is 51.9 Å². The van der Waals surface area contributed by atoms with Crippen LogP contribution in [-0.4, -0.2) is 34.4 Å². The molecule has 0 saturated carbocycles. The first-order chi connectivity index (χ1) is 15.1. The Balaban J connectivity index is 1.32. The minimum Gasteiger partial charge on any atom is -0.462 e. The Morgan fingerprint density at radius 3 is 2.81 bits per heavy atom. The molecule has 10 heteroatoms. The number of thioether (sulfide) groups is 1. The van der Waals surface area contributed by atoms with Crippen LogP contribution in [0.2, 0.25) is 0 Å². The molecule has 1 aliphatic rings. The summed E-state index contributed by atoms with van der Waals surface area (Å²) in [6.45, 7) is 2.76. The standard InChI is InChI=1S/C21H22N4O3S3/c1-2-28-19(27)17-14-9-6-10-15(14)30-18(17)23-16(26)12-29-21-25-24-20(31-21)22-11-13-7-4-3-5-8-13/h3-5,7-8H,2,6,9-12H2,1H3,(H,22,24)(H,23,26). The molecular weight excluding hydrogens is 452 g/mol. The van der Waals surface area contributed by atoms with Crippen LogP contribution in [0.1, 0.15) is 39.7 Å². The maximum Gasteiger partial charge on any atom is 0.341 e. The molecule has 0 bridgehead atoms. The number of aromatic nitrogens is 2. The molecule has 0 radical (unpaired) electrons. The Kier molecular flexibility index (Phi) is 7.21. The minimum absolute atomic E-state index is 0.176. The van der Waals surface area contributed by atoms with Crippen LogP contribution in [0.5, 0.6) is 0 Å². The largest absolute Gasteiger partial charge is 0.462 e. The minimum atomic E-state index is -0.358. The lowest BCUT2D eigenvalue weighted by atomic mass is 10.1. The van der Waals surface area contributed by atoms with Crippen molar-refractivity contribution in [1.82, 2.24) is 10.2 Å². The number of anilines is 2. The van der Waals surface area contributed by atoms with Crippen LogP contribution in [0.3, 0.4) is 0 Å². The van der Waals surface area contributed by atoms with E-state index in [2.05, 4.69) is 20.8 Å². The molecule has 0 unspecified atom stereocenters. The highest BCUT2D eigenvalue weighted by Crippen LogP contribution is 2.39. The highest BCUT2D eigenvalue weighted by Gasteiger charge is 2.28. The molecule has 2 heterocycles. The van der Waals surface area contributed by atoms with Crippen molar-refractivity contribution in [3.8, 4) is 0 Å². The number of benzene rings is 1. The van der Waals surface area contributed by atoms with E-state index in [4.69, 9.17) is 4.74 Å². The van der Waals surface area contributed by atoms with Gasteiger partial charge in [-0.1, -0.05) is 53.4 Å². The monoisotopic (exact) mass is 474 g/mol. The zero-order valence-corrected chi connectivity index (χ0v) is 19.4. The molecule has 7 nitrogen and oxygen atoms in total. The Labute approximate surface area is 192 Å². The Bertz CT molecular complexity index is 1070. The summed E-state index contributed by atoms with van der Waals surface area (Å²) in [6.07, 6.45) is 2.84. The van der Waals surface area contributed by atoms with E-state index < -0.39 is 0 Å². The number of fused-ring (bicyclic) bond motifs is 1. The Morgan fingerprint density at radius 2 is 2.00 bits per heavy atom. The molecule has 4 rings (SSSR count). The summed E-state index contributed by atoms with van der Waals surface area (Å²) >= 11 is 4.22. The van der Waals surface area contributed by atoms with Gasteiger partial charge in [-0.3, -0.25) is 4.79 Å². The van der Waals surface area contributed by atoms with Gasteiger partial charge in [0.25, 0.3) is 0 Å². The average Bonchev–Trinajstić information content (AvgIpc) is 3.48. The Hall–Kier alpha value is -2.43. The third kappa shape index (κ3) is 5.44. The lowest BCUT2D eigenvalue weighted by Crippen LogP contribution is -2.16. The molecule has 0 fully saturated rings. The second kappa shape index (κ2) is 10.3. The SMILES string of the molecule is CCOC(=O)c1c(NC(=O)CSc2nnc(NCc3ccccc3)s2)sc2c1CCC2. The summed E-state index contributed by atoms with van der Waals surface area (Å²) in [5, 5.41) is 15.7. The van der Waals surface area contributed by atoms with Crippen LogP contribution in [0.4, 0.5) is 10.1 Å². The molecule has 1 aromatic carbocycles. The van der Waals surface area contributed by atoms with Gasteiger partial charge in [-0.2, -0.15) is 0 Å². The summed E-state index contributed by atoms with van der Waals surface area (Å²) in [6, 6.07) is 10.0. The number of nitrogens with one attached hydrogen (secondary N) is 2. The summed E-state index contributed by atoms with van der Waals surface area (Å²) in [5.74, 6) is -0.342. The number of ether oxygens (including phenoxy) is 1. The van der Waals surface area contributed by atoms with E-state index in [1.165, 1.54) is 39.3 Å². The van der Waals surface area contributed by atoms with Crippen LogP contribution in [0.25, 0.3) is 0 Å². The van der Waals surface area contributed by atoms with Crippen LogP contribution >= 0.6 is 34.4 Å². The van der Waals surface area contributed by atoms with Gasteiger partial charge in [0.15, 0.2) is 4.34 Å². The predicted octanol–water partition coefficient (Wildman–Crippen LogP) is 4.61. The first-order valence-corrected chi connectivity index (χ1v) is 12.6. The van der Waals surface area contributed by atoms with Crippen LogP contribution < -0.4 is 10.6 Å². The van der Waals surface area contributed by atoms with Crippen molar-refractivity contribution in [3.63, 3.8) is 0 Å². The second-order valence-corrected chi connectivity index (χ2v) is 10.1. The van der Waals surface area contributed by atoms with E-state index >= 15 is 0 Å². The fraction of sp³-hybridized carbons (Fsp3) is 0.333. The van der Waals surface area contributed by atoms with Gasteiger partial charge in [0, 0.05) is 11.4 Å². The molecule has 1 aliphatic carbocycles. The summed E-state index contributed by atoms with van der Waals surface area (Å²) in [4.78, 5) is 26.1. The normalized spacial score (nSPS) is 12.4. The van der Waals surface area contributed by atoms with E-state index in [9.17, 15) is 9.59 Å². The predicted molar refractivity (Wildman–Crippen MR) is 125 cm³/mol. The molecule has 31 heavy (non-hydrogen) atoms. The maximum atomic E-state index is 12.5. The summed E-state index contributed by atoms with van der Waals surface area (Å²) < 4.78 is 5.92. The third-order valence-corrected chi connectivity index (χ3v) is 7.90. The van der Waals surface area contributed by atoms with Gasteiger partial charge in [-0.25, -0.2) is 4.79 Å². The smallest absolute Gasteiger partial charge is 0.341 e. The van der Waals surface area contributed by atoms with Crippen LogP contribution in [0.15, 0.2) is 34.7 Å². The van der Waals surface area contributed by atoms with Crippen LogP contribution in [0, 0.1) is 0 Å². The number of nitrogens with zero attached hydrogens (tertiary/aromatic N) is 2. The number of amides is 1. The third-order valence-electron chi connectivity index (χ3n) is 4.67. The average molecular weight is 475 g/mol. The first-order valence-electron chi connectivity index (χ1n) is 9.99. The summed E-state index contributed by atoms with van der Waals surface area (Å²) in [7, 11) is 0. The lowest BCUT2D eigenvalue weighted by molar-refractivity contribution is -0.113. The first kappa shape index (κ1) is 21.8. The quantitative estimate of drug-likeness (QED) is 0.346. The van der Waals surface area contributed by atoms with E-state index in [-0.39, 0.29) is 17.6 Å². The molecule has 0 aliphatic heterocycles.